The van der Waals surface area contributed by atoms with Gasteiger partial charge in [0.15, 0.2) is 23.0 Å². The van der Waals surface area contributed by atoms with Crippen LogP contribution in [0.5, 0.6) is 23.0 Å². The summed E-state index contributed by atoms with van der Waals surface area (Å²) in [5.74, 6) is 0.548. The molecule has 3 aromatic rings. The molecule has 0 bridgehead atoms. The predicted molar refractivity (Wildman–Crippen MR) is 148 cm³/mol. The smallest absolute Gasteiger partial charge is 0.336 e. The second-order valence-electron chi connectivity index (χ2n) is 8.26. The van der Waals surface area contributed by atoms with Gasteiger partial charge < -0.3 is 24.3 Å². The van der Waals surface area contributed by atoms with Gasteiger partial charge in [-0.3, -0.25) is 4.79 Å². The Morgan fingerprint density at radius 2 is 1.56 bits per heavy atom. The number of hydrogen-bond acceptors (Lipinski definition) is 7. The van der Waals surface area contributed by atoms with E-state index in [1.807, 2.05) is 49.4 Å². The highest BCUT2D eigenvalue weighted by atomic mass is 16.6. The maximum atomic E-state index is 12.5. The van der Waals surface area contributed by atoms with Crippen molar-refractivity contribution in [3.05, 3.63) is 95.1 Å². The van der Waals surface area contributed by atoms with Crippen molar-refractivity contribution < 1.29 is 28.5 Å². The largest absolute Gasteiger partial charge is 0.493 e. The van der Waals surface area contributed by atoms with Gasteiger partial charge in [0.1, 0.15) is 11.6 Å². The van der Waals surface area contributed by atoms with Crippen molar-refractivity contribution in [2.24, 2.45) is 0 Å². The molecular weight excluding hydrogens is 496 g/mol. The number of amides is 1. The van der Waals surface area contributed by atoms with Gasteiger partial charge in [-0.15, -0.1) is 0 Å². The number of rotatable bonds is 12. The Labute approximate surface area is 228 Å². The lowest BCUT2D eigenvalue weighted by Crippen LogP contribution is -2.23. The summed E-state index contributed by atoms with van der Waals surface area (Å²) in [6.45, 7) is 2.90. The third kappa shape index (κ3) is 8.51. The van der Waals surface area contributed by atoms with Crippen molar-refractivity contribution >= 4 is 24.0 Å². The van der Waals surface area contributed by atoms with Crippen LogP contribution in [0.15, 0.2) is 78.4 Å². The van der Waals surface area contributed by atoms with E-state index in [1.165, 1.54) is 25.3 Å². The minimum Gasteiger partial charge on any atom is -0.493 e. The fourth-order valence-corrected chi connectivity index (χ4v) is 3.47. The molecule has 0 aliphatic carbocycles. The summed E-state index contributed by atoms with van der Waals surface area (Å²) >= 11 is 0. The van der Waals surface area contributed by atoms with E-state index < -0.39 is 11.9 Å². The summed E-state index contributed by atoms with van der Waals surface area (Å²) in [5.41, 5.74) is 2.12. The van der Waals surface area contributed by atoms with Crippen LogP contribution < -0.4 is 24.3 Å². The standard InChI is InChI=1S/C31H30N2O6/c1-4-16-38-26-13-10-22(18-28(26)36-2)12-15-30(34)39-27-14-11-24(19-29(27)37-3)17-25(20-32)31(35)33-21-23-8-6-5-7-9-23/h5-15,17-19H,4,16,21H2,1-3H3,(H,33,35)/b15-12+,25-17+. The maximum absolute atomic E-state index is 12.5. The Kier molecular flexibility index (Phi) is 10.7. The summed E-state index contributed by atoms with van der Waals surface area (Å²) in [6, 6.07) is 21.4. The average Bonchev–Trinajstić information content (AvgIpc) is 2.97. The topological polar surface area (TPSA) is 107 Å². The van der Waals surface area contributed by atoms with E-state index in [-0.39, 0.29) is 17.1 Å². The number of carbonyl (C=O) groups is 2. The number of esters is 1. The first-order valence-electron chi connectivity index (χ1n) is 12.3. The highest BCUT2D eigenvalue weighted by molar-refractivity contribution is 6.01. The summed E-state index contributed by atoms with van der Waals surface area (Å²) in [6.07, 6.45) is 5.21. The first-order valence-corrected chi connectivity index (χ1v) is 12.3. The molecule has 3 rings (SSSR count). The first-order chi connectivity index (χ1) is 19.0. The number of nitriles is 1. The quantitative estimate of drug-likeness (QED) is 0.147. The maximum Gasteiger partial charge on any atom is 0.336 e. The molecule has 8 nitrogen and oxygen atoms in total. The van der Waals surface area contributed by atoms with Gasteiger partial charge >= 0.3 is 5.97 Å². The monoisotopic (exact) mass is 526 g/mol. The van der Waals surface area contributed by atoms with Crippen LogP contribution in [0.4, 0.5) is 0 Å². The van der Waals surface area contributed by atoms with E-state index in [9.17, 15) is 14.9 Å². The molecule has 0 saturated heterocycles. The molecule has 0 aliphatic rings. The number of hydrogen-bond donors (Lipinski definition) is 1. The molecule has 1 amide bonds. The number of ether oxygens (including phenoxy) is 4. The van der Waals surface area contributed by atoms with Crippen LogP contribution in [0.1, 0.15) is 30.0 Å². The highest BCUT2D eigenvalue weighted by Gasteiger charge is 2.12. The lowest BCUT2D eigenvalue weighted by Gasteiger charge is -2.10. The fraction of sp³-hybridized carbons (Fsp3) is 0.194. The number of methoxy groups -OCH3 is 2. The Balaban J connectivity index is 1.67. The van der Waals surface area contributed by atoms with Crippen LogP contribution in [0.2, 0.25) is 0 Å². The zero-order valence-electron chi connectivity index (χ0n) is 22.1. The number of carbonyl (C=O) groups excluding carboxylic acids is 2. The highest BCUT2D eigenvalue weighted by Crippen LogP contribution is 2.30. The number of benzene rings is 3. The zero-order valence-corrected chi connectivity index (χ0v) is 22.1. The van der Waals surface area contributed by atoms with Crippen molar-refractivity contribution in [1.29, 1.82) is 5.26 Å². The van der Waals surface area contributed by atoms with Crippen LogP contribution >= 0.6 is 0 Å². The molecule has 0 aromatic heterocycles. The van der Waals surface area contributed by atoms with Gasteiger partial charge in [-0.05, 0) is 59.5 Å². The summed E-state index contributed by atoms with van der Waals surface area (Å²) < 4.78 is 21.8. The molecule has 39 heavy (non-hydrogen) atoms. The molecule has 1 N–H and O–H groups in total. The molecule has 8 heteroatoms. The lowest BCUT2D eigenvalue weighted by molar-refractivity contribution is -0.129. The van der Waals surface area contributed by atoms with Crippen molar-refractivity contribution in [1.82, 2.24) is 5.32 Å². The molecule has 0 aliphatic heterocycles. The predicted octanol–water partition coefficient (Wildman–Crippen LogP) is 5.33. The van der Waals surface area contributed by atoms with Crippen molar-refractivity contribution in [3.8, 4) is 29.1 Å². The van der Waals surface area contributed by atoms with E-state index in [1.54, 1.807) is 37.5 Å². The number of nitrogens with one attached hydrogen (secondary N) is 1. The molecule has 0 radical (unpaired) electrons. The molecule has 0 unspecified atom stereocenters. The molecule has 0 heterocycles. The third-order valence-corrected chi connectivity index (χ3v) is 5.43. The van der Waals surface area contributed by atoms with Gasteiger partial charge in [0, 0.05) is 12.6 Å². The molecule has 0 atom stereocenters. The van der Waals surface area contributed by atoms with Crippen molar-refractivity contribution in [2.45, 2.75) is 19.9 Å². The molecule has 3 aromatic carbocycles. The SMILES string of the molecule is CCCOc1ccc(/C=C/C(=O)Oc2ccc(/C=C(\C#N)C(=O)NCc3ccccc3)cc2OC)cc1OC. The van der Waals surface area contributed by atoms with E-state index in [2.05, 4.69) is 5.32 Å². The fourth-order valence-electron chi connectivity index (χ4n) is 3.47. The Hall–Kier alpha value is -5.03. The molecule has 200 valence electrons. The summed E-state index contributed by atoms with van der Waals surface area (Å²) in [5, 5.41) is 12.2. The van der Waals surface area contributed by atoms with Crippen molar-refractivity contribution in [2.75, 3.05) is 20.8 Å². The van der Waals surface area contributed by atoms with Crippen LogP contribution in [0, 0.1) is 11.3 Å². The second kappa shape index (κ2) is 14.6. The minimum absolute atomic E-state index is 0.0674. The van der Waals surface area contributed by atoms with E-state index in [0.717, 1.165) is 17.5 Å². The molecule has 0 saturated carbocycles. The van der Waals surface area contributed by atoms with Gasteiger partial charge in [-0.25, -0.2) is 4.79 Å². The van der Waals surface area contributed by atoms with Gasteiger partial charge in [0.05, 0.1) is 20.8 Å². The second-order valence-corrected chi connectivity index (χ2v) is 8.26. The lowest BCUT2D eigenvalue weighted by atomic mass is 10.1. The number of nitrogens with zero attached hydrogens (tertiary/aromatic N) is 1. The van der Waals surface area contributed by atoms with Crippen LogP contribution in [-0.2, 0) is 16.1 Å². The van der Waals surface area contributed by atoms with Crippen LogP contribution in [0.3, 0.4) is 0 Å². The normalized spacial score (nSPS) is 11.0. The average molecular weight is 527 g/mol. The van der Waals surface area contributed by atoms with Gasteiger partial charge in [0.2, 0.25) is 0 Å². The van der Waals surface area contributed by atoms with Crippen molar-refractivity contribution in [3.63, 3.8) is 0 Å². The van der Waals surface area contributed by atoms with E-state index in [4.69, 9.17) is 18.9 Å². The molecule has 0 fully saturated rings. The first kappa shape index (κ1) is 28.5. The Morgan fingerprint density at radius 3 is 2.26 bits per heavy atom. The van der Waals surface area contributed by atoms with Gasteiger partial charge in [-0.2, -0.15) is 5.26 Å². The zero-order chi connectivity index (χ0) is 28.0. The van der Waals surface area contributed by atoms with Gasteiger partial charge in [0.25, 0.3) is 5.91 Å². The third-order valence-electron chi connectivity index (χ3n) is 5.43. The van der Waals surface area contributed by atoms with Gasteiger partial charge in [-0.1, -0.05) is 49.4 Å². The summed E-state index contributed by atoms with van der Waals surface area (Å²) in [7, 11) is 2.99. The molecule has 0 spiro atoms. The van der Waals surface area contributed by atoms with Crippen LogP contribution in [0.25, 0.3) is 12.2 Å². The molecular formula is C31H30N2O6. The Bertz CT molecular complexity index is 1390. The Morgan fingerprint density at radius 1 is 0.897 bits per heavy atom. The van der Waals surface area contributed by atoms with E-state index in [0.29, 0.717) is 30.2 Å². The minimum atomic E-state index is -0.611. The van der Waals surface area contributed by atoms with E-state index >= 15 is 0 Å². The van der Waals surface area contributed by atoms with Crippen LogP contribution in [-0.4, -0.2) is 32.7 Å². The summed E-state index contributed by atoms with van der Waals surface area (Å²) in [4.78, 5) is 25.0.